The second kappa shape index (κ2) is 8.67. The van der Waals surface area contributed by atoms with E-state index in [4.69, 9.17) is 11.6 Å². The molecule has 12 heteroatoms. The van der Waals surface area contributed by atoms with E-state index in [-0.39, 0.29) is 43.7 Å². The molecule has 0 spiro atoms. The highest BCUT2D eigenvalue weighted by molar-refractivity contribution is 6.30. The molecule has 0 radical (unpaired) electrons. The first kappa shape index (κ1) is 21.7. The molecule has 1 fully saturated rings. The van der Waals surface area contributed by atoms with Crippen molar-refractivity contribution in [1.29, 1.82) is 0 Å². The molecule has 0 aliphatic carbocycles. The fourth-order valence-corrected chi connectivity index (χ4v) is 4.17. The zero-order valence-electron chi connectivity index (χ0n) is 17.7. The van der Waals surface area contributed by atoms with Crippen molar-refractivity contribution in [1.82, 2.24) is 30.2 Å². The highest BCUT2D eigenvalue weighted by Gasteiger charge is 2.39. The number of benzene rings is 1. The lowest BCUT2D eigenvalue weighted by Gasteiger charge is -2.29. The third-order valence-corrected chi connectivity index (χ3v) is 5.91. The second-order valence-corrected chi connectivity index (χ2v) is 8.38. The minimum absolute atomic E-state index is 0.102. The Morgan fingerprint density at radius 2 is 2.03 bits per heavy atom. The molecule has 2 aromatic heterocycles. The minimum Gasteiger partial charge on any atom is -0.324 e. The maximum absolute atomic E-state index is 12.9. The predicted molar refractivity (Wildman–Crippen MR) is 119 cm³/mol. The van der Waals surface area contributed by atoms with Crippen molar-refractivity contribution in [3.05, 3.63) is 58.9 Å². The van der Waals surface area contributed by atoms with Crippen molar-refractivity contribution in [2.45, 2.75) is 32.0 Å². The third kappa shape index (κ3) is 4.13. The van der Waals surface area contributed by atoms with Crippen molar-refractivity contribution < 1.29 is 19.2 Å². The summed E-state index contributed by atoms with van der Waals surface area (Å²) in [6, 6.07) is 7.68. The van der Waals surface area contributed by atoms with Crippen molar-refractivity contribution in [3.63, 3.8) is 0 Å². The second-order valence-electron chi connectivity index (χ2n) is 7.94. The van der Waals surface area contributed by atoms with E-state index >= 15 is 0 Å². The average molecular weight is 480 g/mol. The highest BCUT2D eigenvalue weighted by Crippen LogP contribution is 2.32. The van der Waals surface area contributed by atoms with E-state index < -0.39 is 11.9 Å². The van der Waals surface area contributed by atoms with Gasteiger partial charge < -0.3 is 10.2 Å². The maximum atomic E-state index is 12.9. The summed E-state index contributed by atoms with van der Waals surface area (Å²) in [4.78, 5) is 54.9. The van der Waals surface area contributed by atoms with Gasteiger partial charge in [0.2, 0.25) is 17.7 Å². The number of hydrogen-bond acceptors (Lipinski definition) is 7. The molecular weight excluding hydrogens is 462 g/mol. The first-order chi connectivity index (χ1) is 16.4. The van der Waals surface area contributed by atoms with Crippen molar-refractivity contribution >= 4 is 40.9 Å². The number of pyridine rings is 1. The molecule has 1 saturated heterocycles. The Kier molecular flexibility index (Phi) is 5.54. The smallest absolute Gasteiger partial charge is 0.255 e. The summed E-state index contributed by atoms with van der Waals surface area (Å²) >= 11 is 5.85. The number of rotatable bonds is 5. The van der Waals surface area contributed by atoms with Gasteiger partial charge in [-0.25, -0.2) is 4.68 Å². The monoisotopic (exact) mass is 479 g/mol. The molecule has 2 aliphatic heterocycles. The van der Waals surface area contributed by atoms with Crippen LogP contribution in [0, 0.1) is 0 Å². The van der Waals surface area contributed by atoms with Crippen LogP contribution in [0.4, 0.5) is 5.69 Å². The quantitative estimate of drug-likeness (QED) is 0.527. The van der Waals surface area contributed by atoms with Gasteiger partial charge in [0.15, 0.2) is 0 Å². The number of fused-ring (bicyclic) bond motifs is 1. The summed E-state index contributed by atoms with van der Waals surface area (Å²) in [5, 5.41) is 13.6. The van der Waals surface area contributed by atoms with E-state index in [1.807, 2.05) is 0 Å². The van der Waals surface area contributed by atoms with Crippen LogP contribution in [0.2, 0.25) is 5.02 Å². The van der Waals surface area contributed by atoms with E-state index in [0.717, 1.165) is 0 Å². The molecule has 2 N–H and O–H groups in total. The molecule has 11 nitrogen and oxygen atoms in total. The van der Waals surface area contributed by atoms with Gasteiger partial charge in [0.25, 0.3) is 5.91 Å². The number of amides is 4. The Bertz CT molecular complexity index is 1320. The number of carbonyl (C=O) groups excluding carboxylic acids is 4. The van der Waals surface area contributed by atoms with Gasteiger partial charge in [-0.15, -0.1) is 5.10 Å². The molecule has 1 aromatic carbocycles. The van der Waals surface area contributed by atoms with Gasteiger partial charge in [-0.1, -0.05) is 22.9 Å². The molecule has 0 bridgehead atoms. The number of anilines is 1. The Hall–Kier alpha value is -4.12. The lowest BCUT2D eigenvalue weighted by molar-refractivity contribution is -0.137. The van der Waals surface area contributed by atoms with Crippen LogP contribution in [0.15, 0.2) is 42.7 Å². The van der Waals surface area contributed by atoms with Crippen LogP contribution in [0.1, 0.15) is 28.8 Å². The number of hydrogen-bond donors (Lipinski definition) is 2. The molecule has 1 unspecified atom stereocenters. The first-order valence-electron chi connectivity index (χ1n) is 10.5. The molecule has 3 aromatic rings. The summed E-state index contributed by atoms with van der Waals surface area (Å²) in [7, 11) is 0. The normalized spacial score (nSPS) is 17.5. The zero-order valence-corrected chi connectivity index (χ0v) is 18.5. The Labute approximate surface area is 198 Å². The lowest BCUT2D eigenvalue weighted by atomic mass is 10.0. The van der Waals surface area contributed by atoms with Crippen LogP contribution >= 0.6 is 11.6 Å². The summed E-state index contributed by atoms with van der Waals surface area (Å²) < 4.78 is 1.38. The van der Waals surface area contributed by atoms with Crippen LogP contribution in [0.25, 0.3) is 11.4 Å². The summed E-state index contributed by atoms with van der Waals surface area (Å²) in [5.41, 5.74) is 2.58. The molecule has 172 valence electrons. The van der Waals surface area contributed by atoms with E-state index in [1.54, 1.807) is 36.5 Å². The third-order valence-electron chi connectivity index (χ3n) is 5.69. The number of carbonyl (C=O) groups is 4. The summed E-state index contributed by atoms with van der Waals surface area (Å²) in [6.45, 7) is 0.0572. The standard InChI is InChI=1S/C22H18ClN7O4/c23-12-4-5-16(24-8-12)17-10-29(28-27-17)11-20(32)25-15-3-1-2-13-14(15)9-30(22(13)34)18-6-7-19(31)26-21(18)33/h1-5,8,10,18H,6-7,9,11H2,(H,25,32)(H,26,31,33). The van der Waals surface area contributed by atoms with Gasteiger partial charge in [-0.05, 0) is 30.7 Å². The number of nitrogens with one attached hydrogen (secondary N) is 2. The maximum Gasteiger partial charge on any atom is 0.255 e. The van der Waals surface area contributed by atoms with Gasteiger partial charge in [0, 0.05) is 36.0 Å². The summed E-state index contributed by atoms with van der Waals surface area (Å²) in [5.74, 6) is -1.50. The van der Waals surface area contributed by atoms with Crippen molar-refractivity contribution in [2.24, 2.45) is 0 Å². The molecule has 1 atom stereocenters. The number of imide groups is 1. The Morgan fingerprint density at radius 3 is 2.79 bits per heavy atom. The highest BCUT2D eigenvalue weighted by atomic mass is 35.5. The summed E-state index contributed by atoms with van der Waals surface area (Å²) in [6.07, 6.45) is 3.53. The van der Waals surface area contributed by atoms with Crippen LogP contribution in [-0.4, -0.2) is 54.5 Å². The SMILES string of the molecule is O=C1CCC(N2Cc3c(NC(=O)Cn4cc(-c5ccc(Cl)cn5)nn4)cccc3C2=O)C(=O)N1. The van der Waals surface area contributed by atoms with Gasteiger partial charge in [-0.3, -0.25) is 29.5 Å². The van der Waals surface area contributed by atoms with Crippen LogP contribution in [0.5, 0.6) is 0 Å². The van der Waals surface area contributed by atoms with Gasteiger partial charge in [-0.2, -0.15) is 0 Å². The van der Waals surface area contributed by atoms with Gasteiger partial charge in [0.05, 0.1) is 16.9 Å². The van der Waals surface area contributed by atoms with E-state index in [1.165, 1.54) is 15.8 Å². The molecule has 4 amide bonds. The molecule has 5 rings (SSSR count). The Balaban J connectivity index is 1.28. The van der Waals surface area contributed by atoms with Crippen LogP contribution in [-0.2, 0) is 27.5 Å². The molecule has 0 saturated carbocycles. The first-order valence-corrected chi connectivity index (χ1v) is 10.9. The largest absolute Gasteiger partial charge is 0.324 e. The van der Waals surface area contributed by atoms with Crippen molar-refractivity contribution in [3.8, 4) is 11.4 Å². The fourth-order valence-electron chi connectivity index (χ4n) is 4.06. The molecule has 2 aliphatic rings. The molecular formula is C22H18ClN7O4. The Morgan fingerprint density at radius 1 is 1.18 bits per heavy atom. The molecule has 34 heavy (non-hydrogen) atoms. The number of halogens is 1. The van der Waals surface area contributed by atoms with Crippen molar-refractivity contribution in [2.75, 3.05) is 5.32 Å². The lowest BCUT2D eigenvalue weighted by Crippen LogP contribution is -2.52. The van der Waals surface area contributed by atoms with Gasteiger partial charge in [0.1, 0.15) is 18.3 Å². The van der Waals surface area contributed by atoms with E-state index in [2.05, 4.69) is 25.9 Å². The fraction of sp³-hybridized carbons (Fsp3) is 0.227. The molecule has 4 heterocycles. The number of piperidine rings is 1. The van der Waals surface area contributed by atoms with E-state index in [0.29, 0.717) is 33.2 Å². The van der Waals surface area contributed by atoms with E-state index in [9.17, 15) is 19.2 Å². The van der Waals surface area contributed by atoms with Crippen LogP contribution in [0.3, 0.4) is 0 Å². The van der Waals surface area contributed by atoms with Crippen LogP contribution < -0.4 is 10.6 Å². The average Bonchev–Trinajstić information content (AvgIpc) is 3.40. The zero-order chi connectivity index (χ0) is 23.8. The number of nitrogens with zero attached hydrogens (tertiary/aromatic N) is 5. The van der Waals surface area contributed by atoms with Gasteiger partial charge >= 0.3 is 0 Å². The minimum atomic E-state index is -0.726. The predicted octanol–water partition coefficient (Wildman–Crippen LogP) is 1.39. The number of aromatic nitrogens is 4. The topological polar surface area (TPSA) is 139 Å².